The first-order valence-corrected chi connectivity index (χ1v) is 5.22. The van der Waals surface area contributed by atoms with Crippen molar-refractivity contribution in [1.82, 2.24) is 0 Å². The molecule has 1 aromatic carbocycles. The second kappa shape index (κ2) is 3.99. The van der Waals surface area contributed by atoms with Crippen LogP contribution in [0.15, 0.2) is 41.8 Å². The molecule has 0 saturated heterocycles. The van der Waals surface area contributed by atoms with Gasteiger partial charge in [0.15, 0.2) is 0 Å². The Morgan fingerprint density at radius 3 is 2.50 bits per heavy atom. The summed E-state index contributed by atoms with van der Waals surface area (Å²) >= 11 is 1.48. The molecule has 1 heterocycles. The van der Waals surface area contributed by atoms with E-state index < -0.39 is 6.10 Å². The van der Waals surface area contributed by atoms with Crippen LogP contribution in [0.3, 0.4) is 0 Å². The zero-order chi connectivity index (χ0) is 9.97. The summed E-state index contributed by atoms with van der Waals surface area (Å²) < 4.78 is 0. The van der Waals surface area contributed by atoms with Gasteiger partial charge in [0.05, 0.1) is 0 Å². The lowest BCUT2D eigenvalue weighted by molar-refractivity contribution is 0.224. The van der Waals surface area contributed by atoms with Crippen molar-refractivity contribution < 1.29 is 5.11 Å². The maximum atomic E-state index is 9.96. The molecule has 0 amide bonds. The topological polar surface area (TPSA) is 20.2 Å². The summed E-state index contributed by atoms with van der Waals surface area (Å²) in [7, 11) is 5.59. The molecule has 1 N–H and O–H groups in total. The van der Waals surface area contributed by atoms with Gasteiger partial charge in [0.25, 0.3) is 0 Å². The number of aliphatic hydroxyl groups is 1. The van der Waals surface area contributed by atoms with Gasteiger partial charge in [0.1, 0.15) is 14.0 Å². The van der Waals surface area contributed by atoms with E-state index in [1.807, 2.05) is 41.8 Å². The van der Waals surface area contributed by atoms with Gasteiger partial charge in [-0.1, -0.05) is 41.9 Å². The molecule has 68 valence electrons. The Hall–Kier alpha value is -1.06. The summed E-state index contributed by atoms with van der Waals surface area (Å²) in [5.74, 6) is 0. The van der Waals surface area contributed by atoms with Gasteiger partial charge in [-0.2, -0.15) is 0 Å². The van der Waals surface area contributed by atoms with Gasteiger partial charge in [0, 0.05) is 4.88 Å². The lowest BCUT2D eigenvalue weighted by Gasteiger charge is -2.07. The van der Waals surface area contributed by atoms with E-state index in [0.29, 0.717) is 5.46 Å². The maximum absolute atomic E-state index is 9.96. The van der Waals surface area contributed by atoms with Gasteiger partial charge in [-0.25, -0.2) is 0 Å². The van der Waals surface area contributed by atoms with Crippen molar-refractivity contribution in [1.29, 1.82) is 0 Å². The summed E-state index contributed by atoms with van der Waals surface area (Å²) in [5.41, 5.74) is 1.61. The number of hydrogen-bond donors (Lipinski definition) is 1. The van der Waals surface area contributed by atoms with E-state index in [2.05, 4.69) is 0 Å². The summed E-state index contributed by atoms with van der Waals surface area (Å²) in [6.07, 6.45) is -0.557. The van der Waals surface area contributed by atoms with Crippen LogP contribution in [0.1, 0.15) is 16.5 Å². The zero-order valence-corrected chi connectivity index (χ0v) is 8.37. The lowest BCUT2D eigenvalue weighted by atomic mass is 9.99. The molecular formula is C11H9BOS. The molecule has 14 heavy (non-hydrogen) atoms. The Labute approximate surface area is 88.4 Å². The molecule has 0 aliphatic rings. The van der Waals surface area contributed by atoms with Crippen LogP contribution in [-0.4, -0.2) is 13.0 Å². The predicted octanol–water partition coefficient (Wildman–Crippen LogP) is 1.62. The van der Waals surface area contributed by atoms with Gasteiger partial charge in [-0.15, -0.1) is 11.3 Å². The second-order valence-corrected chi connectivity index (χ2v) is 4.04. The molecule has 0 fully saturated rings. The summed E-state index contributed by atoms with van der Waals surface area (Å²) in [5, 5.41) is 11.8. The van der Waals surface area contributed by atoms with Crippen LogP contribution in [0.5, 0.6) is 0 Å². The van der Waals surface area contributed by atoms with Gasteiger partial charge < -0.3 is 5.11 Å². The Bertz CT molecular complexity index is 410. The second-order valence-electron chi connectivity index (χ2n) is 3.10. The van der Waals surface area contributed by atoms with E-state index in [4.69, 9.17) is 7.85 Å². The minimum Gasteiger partial charge on any atom is -0.383 e. The van der Waals surface area contributed by atoms with E-state index in [-0.39, 0.29) is 0 Å². The first-order chi connectivity index (χ1) is 6.77. The Morgan fingerprint density at radius 1 is 1.21 bits per heavy atom. The minimum absolute atomic E-state index is 0.557. The summed E-state index contributed by atoms with van der Waals surface area (Å²) in [4.78, 5) is 0.883. The SMILES string of the molecule is [B]c1csc(C(O)c2ccccc2)c1. The van der Waals surface area contributed by atoms with Crippen molar-refractivity contribution in [2.75, 3.05) is 0 Å². The van der Waals surface area contributed by atoms with E-state index in [0.717, 1.165) is 10.4 Å². The van der Waals surface area contributed by atoms with Crippen molar-refractivity contribution in [3.05, 3.63) is 52.2 Å². The minimum atomic E-state index is -0.557. The van der Waals surface area contributed by atoms with E-state index in [9.17, 15) is 5.11 Å². The molecule has 1 aromatic heterocycles. The van der Waals surface area contributed by atoms with E-state index >= 15 is 0 Å². The fourth-order valence-corrected chi connectivity index (χ4v) is 2.12. The molecule has 0 spiro atoms. The average molecular weight is 200 g/mol. The molecule has 2 rings (SSSR count). The Kier molecular flexibility index (Phi) is 2.70. The molecule has 0 aliphatic carbocycles. The predicted molar refractivity (Wildman–Crippen MR) is 60.2 cm³/mol. The van der Waals surface area contributed by atoms with E-state index in [1.165, 1.54) is 11.3 Å². The number of rotatable bonds is 2. The molecule has 1 atom stereocenters. The Balaban J connectivity index is 2.29. The first kappa shape index (κ1) is 9.50. The standard InChI is InChI=1S/C11H9BOS/c12-9-6-10(14-7-9)11(13)8-4-2-1-3-5-8/h1-7,11,13H. The van der Waals surface area contributed by atoms with Crippen LogP contribution in [0.2, 0.25) is 0 Å². The van der Waals surface area contributed by atoms with Crippen molar-refractivity contribution >= 4 is 24.6 Å². The molecule has 0 bridgehead atoms. The summed E-state index contributed by atoms with van der Waals surface area (Å²) in [6, 6.07) is 11.4. The smallest absolute Gasteiger partial charge is 0.114 e. The molecule has 0 aliphatic heterocycles. The monoisotopic (exact) mass is 200 g/mol. The van der Waals surface area contributed by atoms with Crippen LogP contribution >= 0.6 is 11.3 Å². The summed E-state index contributed by atoms with van der Waals surface area (Å²) in [6.45, 7) is 0. The van der Waals surface area contributed by atoms with Gasteiger partial charge in [-0.3, -0.25) is 0 Å². The van der Waals surface area contributed by atoms with Crippen LogP contribution in [-0.2, 0) is 0 Å². The van der Waals surface area contributed by atoms with Gasteiger partial charge in [-0.05, 0) is 10.9 Å². The molecule has 0 saturated carbocycles. The highest BCUT2D eigenvalue weighted by Crippen LogP contribution is 2.24. The fourth-order valence-electron chi connectivity index (χ4n) is 1.31. The van der Waals surface area contributed by atoms with Gasteiger partial charge in [0.2, 0.25) is 0 Å². The molecule has 1 unspecified atom stereocenters. The quantitative estimate of drug-likeness (QED) is 0.730. The van der Waals surface area contributed by atoms with E-state index in [1.54, 1.807) is 0 Å². The van der Waals surface area contributed by atoms with Crippen molar-refractivity contribution in [3.63, 3.8) is 0 Å². The van der Waals surface area contributed by atoms with Crippen LogP contribution in [0.4, 0.5) is 0 Å². The molecule has 3 heteroatoms. The van der Waals surface area contributed by atoms with Crippen molar-refractivity contribution in [2.24, 2.45) is 0 Å². The maximum Gasteiger partial charge on any atom is 0.114 e. The first-order valence-electron chi connectivity index (χ1n) is 4.34. The molecule has 1 nitrogen and oxygen atoms in total. The highest BCUT2D eigenvalue weighted by atomic mass is 32.1. The highest BCUT2D eigenvalue weighted by molar-refractivity contribution is 7.11. The normalized spacial score (nSPS) is 12.6. The zero-order valence-electron chi connectivity index (χ0n) is 7.55. The van der Waals surface area contributed by atoms with Crippen molar-refractivity contribution in [2.45, 2.75) is 6.10 Å². The molecular weight excluding hydrogens is 191 g/mol. The van der Waals surface area contributed by atoms with Crippen LogP contribution < -0.4 is 5.46 Å². The van der Waals surface area contributed by atoms with Crippen molar-refractivity contribution in [3.8, 4) is 0 Å². The number of thiophene rings is 1. The third kappa shape index (κ3) is 1.89. The molecule has 2 radical (unpaired) electrons. The highest BCUT2D eigenvalue weighted by Gasteiger charge is 2.10. The fraction of sp³-hybridized carbons (Fsp3) is 0.0909. The molecule has 2 aromatic rings. The Morgan fingerprint density at radius 2 is 1.93 bits per heavy atom. The number of benzene rings is 1. The third-order valence-corrected chi connectivity index (χ3v) is 3.03. The van der Waals surface area contributed by atoms with Crippen LogP contribution in [0.25, 0.3) is 0 Å². The van der Waals surface area contributed by atoms with Gasteiger partial charge >= 0.3 is 0 Å². The average Bonchev–Trinajstić information content (AvgIpc) is 2.65. The van der Waals surface area contributed by atoms with Crippen LogP contribution in [0, 0.1) is 0 Å². The largest absolute Gasteiger partial charge is 0.383 e. The lowest BCUT2D eigenvalue weighted by Crippen LogP contribution is -1.99. The number of hydrogen-bond acceptors (Lipinski definition) is 2. The number of aliphatic hydroxyl groups excluding tert-OH is 1. The third-order valence-electron chi connectivity index (χ3n) is 2.02.